The van der Waals surface area contributed by atoms with Crippen molar-refractivity contribution < 1.29 is 13.6 Å². The van der Waals surface area contributed by atoms with Crippen molar-refractivity contribution in [2.24, 2.45) is 5.16 Å². The van der Waals surface area contributed by atoms with Gasteiger partial charge >= 0.3 is 0 Å². The van der Waals surface area contributed by atoms with Crippen molar-refractivity contribution in [3.63, 3.8) is 0 Å². The van der Waals surface area contributed by atoms with Crippen LogP contribution in [0.5, 0.6) is 0 Å². The number of nitrogens with zero attached hydrogens (tertiary/aromatic N) is 1. The van der Waals surface area contributed by atoms with E-state index in [1.165, 1.54) is 6.92 Å². The Kier molecular flexibility index (Phi) is 3.70. The molecule has 0 heterocycles. The minimum absolute atomic E-state index is 0.172. The number of oxime groups is 1. The quantitative estimate of drug-likeness (QED) is 0.496. The van der Waals surface area contributed by atoms with Gasteiger partial charge in [-0.15, -0.1) is 0 Å². The molecule has 0 bridgehead atoms. The van der Waals surface area contributed by atoms with E-state index in [1.54, 1.807) is 18.2 Å². The van der Waals surface area contributed by atoms with Crippen LogP contribution in [0.4, 0.5) is 0 Å². The molecule has 88 valence electrons. The van der Waals surface area contributed by atoms with Crippen molar-refractivity contribution in [1.82, 2.24) is 0 Å². The predicted molar refractivity (Wildman–Crippen MR) is 63.8 cm³/mol. The van der Waals surface area contributed by atoms with Gasteiger partial charge < -0.3 is 5.21 Å². The number of benzene rings is 1. The maximum absolute atomic E-state index is 11.4. The zero-order chi connectivity index (χ0) is 12.3. The fourth-order valence-electron chi connectivity index (χ4n) is 1.38. The van der Waals surface area contributed by atoms with Crippen LogP contribution in [0, 0.1) is 6.92 Å². The largest absolute Gasteiger partial charge is 0.411 e. The molecule has 4 nitrogen and oxygen atoms in total. The Morgan fingerprint density at radius 3 is 2.50 bits per heavy atom. The summed E-state index contributed by atoms with van der Waals surface area (Å²) < 4.78 is 22.8. The van der Waals surface area contributed by atoms with Crippen LogP contribution < -0.4 is 0 Å². The van der Waals surface area contributed by atoms with Gasteiger partial charge in [0.1, 0.15) is 11.0 Å². The summed E-state index contributed by atoms with van der Waals surface area (Å²) in [6, 6.07) is 7.20. The summed E-state index contributed by atoms with van der Waals surface area (Å²) in [6.07, 6.45) is 1.12. The number of sulfone groups is 1. The summed E-state index contributed by atoms with van der Waals surface area (Å²) in [6.45, 7) is 3.40. The van der Waals surface area contributed by atoms with Crippen LogP contribution in [0.15, 0.2) is 29.4 Å². The van der Waals surface area contributed by atoms with Crippen LogP contribution in [-0.2, 0) is 9.84 Å². The van der Waals surface area contributed by atoms with Gasteiger partial charge in [-0.3, -0.25) is 0 Å². The number of aryl methyl sites for hydroxylation is 1. The molecule has 1 N–H and O–H groups in total. The first-order chi connectivity index (χ1) is 7.36. The third-order valence-corrected chi connectivity index (χ3v) is 3.96. The van der Waals surface area contributed by atoms with Gasteiger partial charge in [0.25, 0.3) is 0 Å². The second-order valence-electron chi connectivity index (χ2n) is 3.83. The molecule has 0 aliphatic carbocycles. The molecule has 5 heteroatoms. The maximum atomic E-state index is 11.4. The van der Waals surface area contributed by atoms with Gasteiger partial charge in [-0.05, 0) is 13.8 Å². The van der Waals surface area contributed by atoms with Crippen molar-refractivity contribution in [3.8, 4) is 0 Å². The lowest BCUT2D eigenvalue weighted by Gasteiger charge is -2.11. The summed E-state index contributed by atoms with van der Waals surface area (Å²) in [5.41, 5.74) is 1.78. The molecule has 0 aliphatic heterocycles. The Hall–Kier alpha value is -1.36. The minimum atomic E-state index is -3.27. The van der Waals surface area contributed by atoms with Gasteiger partial charge in [-0.2, -0.15) is 0 Å². The SMILES string of the molecule is Cc1cccc(/C(=N/O)[C@H](C)S(C)(=O)=O)c1. The molecule has 0 unspecified atom stereocenters. The summed E-state index contributed by atoms with van der Waals surface area (Å²) in [5, 5.41) is 11.2. The van der Waals surface area contributed by atoms with Crippen molar-refractivity contribution in [1.29, 1.82) is 0 Å². The fraction of sp³-hybridized carbons (Fsp3) is 0.364. The smallest absolute Gasteiger partial charge is 0.155 e. The Bertz CT molecular complexity index is 506. The van der Waals surface area contributed by atoms with Gasteiger partial charge in [-0.1, -0.05) is 35.0 Å². The molecule has 0 saturated carbocycles. The highest BCUT2D eigenvalue weighted by molar-refractivity contribution is 7.92. The molecule has 0 aromatic heterocycles. The lowest BCUT2D eigenvalue weighted by Crippen LogP contribution is -2.27. The van der Waals surface area contributed by atoms with Gasteiger partial charge in [0.15, 0.2) is 9.84 Å². The van der Waals surface area contributed by atoms with Crippen molar-refractivity contribution in [3.05, 3.63) is 35.4 Å². The van der Waals surface area contributed by atoms with Gasteiger partial charge in [0.05, 0.1) is 0 Å². The van der Waals surface area contributed by atoms with Crippen molar-refractivity contribution in [2.75, 3.05) is 6.26 Å². The average Bonchev–Trinajstić information content (AvgIpc) is 2.17. The molecular formula is C11H15NO3S. The molecule has 1 atom stereocenters. The summed E-state index contributed by atoms with van der Waals surface area (Å²) >= 11 is 0. The predicted octanol–water partition coefficient (Wildman–Crippen LogP) is 1.61. The molecule has 0 aliphatic rings. The van der Waals surface area contributed by atoms with E-state index < -0.39 is 15.1 Å². The first-order valence-electron chi connectivity index (χ1n) is 4.84. The topological polar surface area (TPSA) is 66.7 Å². The number of hydrogen-bond acceptors (Lipinski definition) is 4. The molecule has 16 heavy (non-hydrogen) atoms. The second-order valence-corrected chi connectivity index (χ2v) is 6.19. The highest BCUT2D eigenvalue weighted by atomic mass is 32.2. The van der Waals surface area contributed by atoms with E-state index in [2.05, 4.69) is 5.16 Å². The van der Waals surface area contributed by atoms with E-state index >= 15 is 0 Å². The van der Waals surface area contributed by atoms with E-state index in [1.807, 2.05) is 13.0 Å². The molecule has 1 aromatic carbocycles. The molecule has 0 spiro atoms. The average molecular weight is 241 g/mol. The third-order valence-electron chi connectivity index (χ3n) is 2.45. The molecule has 1 rings (SSSR count). The lowest BCUT2D eigenvalue weighted by atomic mass is 10.1. The van der Waals surface area contributed by atoms with Crippen LogP contribution in [-0.4, -0.2) is 30.8 Å². The minimum Gasteiger partial charge on any atom is -0.411 e. The van der Waals surface area contributed by atoms with E-state index in [4.69, 9.17) is 5.21 Å². The molecule has 0 amide bonds. The maximum Gasteiger partial charge on any atom is 0.155 e. The second kappa shape index (κ2) is 4.65. The molecular weight excluding hydrogens is 226 g/mol. The van der Waals surface area contributed by atoms with Crippen LogP contribution in [0.25, 0.3) is 0 Å². The Balaban J connectivity index is 3.20. The third kappa shape index (κ3) is 2.82. The van der Waals surface area contributed by atoms with Crippen LogP contribution in [0.1, 0.15) is 18.1 Å². The Morgan fingerprint density at radius 2 is 2.06 bits per heavy atom. The van der Waals surface area contributed by atoms with E-state index in [0.717, 1.165) is 11.8 Å². The monoisotopic (exact) mass is 241 g/mol. The first-order valence-corrected chi connectivity index (χ1v) is 6.79. The highest BCUT2D eigenvalue weighted by Crippen LogP contribution is 2.12. The van der Waals surface area contributed by atoms with Crippen LogP contribution >= 0.6 is 0 Å². The standard InChI is InChI=1S/C11H15NO3S/c1-8-5-4-6-10(7-8)11(12-13)9(2)16(3,14)15/h4-7,9,13H,1-3H3/b12-11+/t9-/m0/s1. The number of rotatable bonds is 3. The highest BCUT2D eigenvalue weighted by Gasteiger charge is 2.23. The molecule has 0 radical (unpaired) electrons. The zero-order valence-corrected chi connectivity index (χ0v) is 10.3. The molecule has 0 fully saturated rings. The Labute approximate surface area is 95.5 Å². The molecule has 1 aromatic rings. The lowest BCUT2D eigenvalue weighted by molar-refractivity contribution is 0.318. The molecule has 0 saturated heterocycles. The van der Waals surface area contributed by atoms with Gasteiger partial charge in [0.2, 0.25) is 0 Å². The van der Waals surface area contributed by atoms with Crippen LogP contribution in [0.2, 0.25) is 0 Å². The summed E-state index contributed by atoms with van der Waals surface area (Å²) in [7, 11) is -3.27. The first kappa shape index (κ1) is 12.7. The zero-order valence-electron chi connectivity index (χ0n) is 9.51. The number of hydrogen-bond donors (Lipinski definition) is 1. The van der Waals surface area contributed by atoms with E-state index in [9.17, 15) is 8.42 Å². The van der Waals surface area contributed by atoms with Gasteiger partial charge in [0, 0.05) is 11.8 Å². The Morgan fingerprint density at radius 1 is 1.44 bits per heavy atom. The van der Waals surface area contributed by atoms with E-state index in [-0.39, 0.29) is 5.71 Å². The van der Waals surface area contributed by atoms with E-state index in [0.29, 0.717) is 5.56 Å². The summed E-state index contributed by atoms with van der Waals surface area (Å²) in [5.74, 6) is 0. The van der Waals surface area contributed by atoms with Crippen LogP contribution in [0.3, 0.4) is 0 Å². The normalized spacial score (nSPS) is 14.8. The van der Waals surface area contributed by atoms with Crippen molar-refractivity contribution in [2.45, 2.75) is 19.1 Å². The van der Waals surface area contributed by atoms with Crippen molar-refractivity contribution >= 4 is 15.5 Å². The fourth-order valence-corrected chi connectivity index (χ4v) is 1.97. The summed E-state index contributed by atoms with van der Waals surface area (Å²) in [4.78, 5) is 0. The van der Waals surface area contributed by atoms with Gasteiger partial charge in [-0.25, -0.2) is 8.42 Å².